The van der Waals surface area contributed by atoms with E-state index in [4.69, 9.17) is 0 Å². The maximum atomic E-state index is 12.1. The van der Waals surface area contributed by atoms with Crippen LogP contribution < -0.4 is 10.6 Å². The molecule has 3 rings (SSSR count). The zero-order valence-electron chi connectivity index (χ0n) is 14.7. The molecule has 7 heteroatoms. The van der Waals surface area contributed by atoms with Crippen molar-refractivity contribution in [1.29, 1.82) is 0 Å². The Bertz CT molecular complexity index is 877. The van der Waals surface area contributed by atoms with Crippen molar-refractivity contribution in [3.05, 3.63) is 59.7 Å². The first-order valence-corrected chi connectivity index (χ1v) is 10.1. The fourth-order valence-electron chi connectivity index (χ4n) is 2.27. The van der Waals surface area contributed by atoms with Crippen LogP contribution in [0.15, 0.2) is 52.9 Å². The number of nitrogens with zero attached hydrogens (tertiary/aromatic N) is 2. The molecule has 26 heavy (non-hydrogen) atoms. The van der Waals surface area contributed by atoms with Crippen LogP contribution in [0.2, 0.25) is 0 Å². The molecule has 0 bridgehead atoms. The molecule has 0 saturated carbocycles. The zero-order valence-corrected chi connectivity index (χ0v) is 16.3. The van der Waals surface area contributed by atoms with Crippen LogP contribution in [0.3, 0.4) is 0 Å². The minimum Gasteiger partial charge on any atom is -0.330 e. The third-order valence-corrected chi connectivity index (χ3v) is 5.63. The SMILES string of the molecule is CCc1cccc(NC(=O)CSc2nnc(Nc3ccc(C)cc3)s2)c1. The molecule has 1 amide bonds. The van der Waals surface area contributed by atoms with Gasteiger partial charge in [0.25, 0.3) is 0 Å². The molecule has 1 aromatic heterocycles. The zero-order chi connectivity index (χ0) is 18.4. The molecule has 0 spiro atoms. The van der Waals surface area contributed by atoms with Crippen molar-refractivity contribution in [2.45, 2.75) is 24.6 Å². The average Bonchev–Trinajstić information content (AvgIpc) is 3.09. The molecule has 1 heterocycles. The van der Waals surface area contributed by atoms with Crippen LogP contribution >= 0.6 is 23.1 Å². The fourth-order valence-corrected chi connectivity index (χ4v) is 3.84. The molecule has 0 aliphatic carbocycles. The number of aromatic nitrogens is 2. The second kappa shape index (κ2) is 8.82. The van der Waals surface area contributed by atoms with E-state index in [0.717, 1.165) is 22.1 Å². The molecule has 3 aromatic rings. The van der Waals surface area contributed by atoms with Crippen LogP contribution in [0.4, 0.5) is 16.5 Å². The van der Waals surface area contributed by atoms with Crippen LogP contribution in [-0.4, -0.2) is 21.9 Å². The second-order valence-electron chi connectivity index (χ2n) is 5.75. The molecule has 0 radical (unpaired) electrons. The number of anilines is 3. The standard InChI is InChI=1S/C19H20N4OS2/c1-3-14-5-4-6-16(11-14)20-17(24)12-25-19-23-22-18(26-19)21-15-9-7-13(2)8-10-15/h4-11H,3,12H2,1-2H3,(H,20,24)(H,21,22). The molecule has 2 aromatic carbocycles. The van der Waals surface area contributed by atoms with Crippen molar-refractivity contribution >= 4 is 45.5 Å². The lowest BCUT2D eigenvalue weighted by Gasteiger charge is -2.05. The van der Waals surface area contributed by atoms with Gasteiger partial charge in [0, 0.05) is 11.4 Å². The van der Waals surface area contributed by atoms with E-state index in [2.05, 4.69) is 27.8 Å². The number of nitrogens with one attached hydrogen (secondary N) is 2. The Labute approximate surface area is 161 Å². The van der Waals surface area contributed by atoms with Gasteiger partial charge in [-0.2, -0.15) is 0 Å². The smallest absolute Gasteiger partial charge is 0.234 e. The van der Waals surface area contributed by atoms with Crippen molar-refractivity contribution in [1.82, 2.24) is 10.2 Å². The molecule has 0 aliphatic rings. The first-order chi connectivity index (χ1) is 12.6. The van der Waals surface area contributed by atoms with E-state index in [1.165, 1.54) is 34.2 Å². The maximum Gasteiger partial charge on any atom is 0.234 e. The number of thioether (sulfide) groups is 1. The third-order valence-electron chi connectivity index (χ3n) is 3.66. The number of carbonyl (C=O) groups is 1. The number of aryl methyl sites for hydroxylation is 2. The molecule has 134 valence electrons. The van der Waals surface area contributed by atoms with Crippen LogP contribution in [-0.2, 0) is 11.2 Å². The Morgan fingerprint density at radius 3 is 2.69 bits per heavy atom. The van der Waals surface area contributed by atoms with Crippen LogP contribution in [0, 0.1) is 6.92 Å². The predicted octanol–water partition coefficient (Wildman–Crippen LogP) is 4.88. The summed E-state index contributed by atoms with van der Waals surface area (Å²) in [4.78, 5) is 12.1. The van der Waals surface area contributed by atoms with Gasteiger partial charge in [0.15, 0.2) is 4.34 Å². The molecular formula is C19H20N4OS2. The summed E-state index contributed by atoms with van der Waals surface area (Å²) in [7, 11) is 0. The van der Waals surface area contributed by atoms with Gasteiger partial charge in [0.1, 0.15) is 0 Å². The number of hydrogen-bond donors (Lipinski definition) is 2. The summed E-state index contributed by atoms with van der Waals surface area (Å²) in [6, 6.07) is 16.0. The van der Waals surface area contributed by atoms with E-state index in [1.807, 2.05) is 55.5 Å². The maximum absolute atomic E-state index is 12.1. The quantitative estimate of drug-likeness (QED) is 0.568. The van der Waals surface area contributed by atoms with Gasteiger partial charge in [-0.05, 0) is 43.2 Å². The van der Waals surface area contributed by atoms with Gasteiger partial charge in [0.05, 0.1) is 5.75 Å². The number of hydrogen-bond acceptors (Lipinski definition) is 6. The van der Waals surface area contributed by atoms with Crippen LogP contribution in [0.5, 0.6) is 0 Å². The highest BCUT2D eigenvalue weighted by atomic mass is 32.2. The van der Waals surface area contributed by atoms with E-state index in [0.29, 0.717) is 10.9 Å². The number of carbonyl (C=O) groups excluding carboxylic acids is 1. The third kappa shape index (κ3) is 5.31. The number of benzene rings is 2. The lowest BCUT2D eigenvalue weighted by molar-refractivity contribution is -0.113. The van der Waals surface area contributed by atoms with Gasteiger partial charge in [0.2, 0.25) is 11.0 Å². The largest absolute Gasteiger partial charge is 0.330 e. The Morgan fingerprint density at radius 1 is 1.12 bits per heavy atom. The molecule has 0 atom stereocenters. The highest BCUT2D eigenvalue weighted by Gasteiger charge is 2.09. The van der Waals surface area contributed by atoms with E-state index >= 15 is 0 Å². The molecule has 0 unspecified atom stereocenters. The van der Waals surface area contributed by atoms with Crippen molar-refractivity contribution in [2.24, 2.45) is 0 Å². The summed E-state index contributed by atoms with van der Waals surface area (Å²) in [6.07, 6.45) is 0.944. The monoisotopic (exact) mass is 384 g/mol. The van der Waals surface area contributed by atoms with E-state index in [1.54, 1.807) is 0 Å². The second-order valence-corrected chi connectivity index (χ2v) is 7.95. The first kappa shape index (κ1) is 18.4. The van der Waals surface area contributed by atoms with Gasteiger partial charge in [-0.15, -0.1) is 10.2 Å². The van der Waals surface area contributed by atoms with E-state index in [-0.39, 0.29) is 5.91 Å². The number of amides is 1. The molecule has 0 saturated heterocycles. The van der Waals surface area contributed by atoms with Crippen molar-refractivity contribution in [2.75, 3.05) is 16.4 Å². The molecule has 0 fully saturated rings. The van der Waals surface area contributed by atoms with Crippen molar-refractivity contribution in [3.8, 4) is 0 Å². The Morgan fingerprint density at radius 2 is 1.92 bits per heavy atom. The lowest BCUT2D eigenvalue weighted by atomic mass is 10.1. The summed E-state index contributed by atoms with van der Waals surface area (Å²) < 4.78 is 0.761. The average molecular weight is 385 g/mol. The molecule has 2 N–H and O–H groups in total. The van der Waals surface area contributed by atoms with Gasteiger partial charge < -0.3 is 10.6 Å². The van der Waals surface area contributed by atoms with E-state index in [9.17, 15) is 4.79 Å². The van der Waals surface area contributed by atoms with Crippen LogP contribution in [0.1, 0.15) is 18.1 Å². The Kier molecular flexibility index (Phi) is 6.25. The highest BCUT2D eigenvalue weighted by Crippen LogP contribution is 2.27. The Hall–Kier alpha value is -2.38. The summed E-state index contributed by atoms with van der Waals surface area (Å²) in [5, 5.41) is 15.1. The van der Waals surface area contributed by atoms with Gasteiger partial charge in [-0.3, -0.25) is 4.79 Å². The Balaban J connectivity index is 1.51. The topological polar surface area (TPSA) is 66.9 Å². The fraction of sp³-hybridized carbons (Fsp3) is 0.211. The molecule has 0 aliphatic heterocycles. The normalized spacial score (nSPS) is 10.5. The minimum atomic E-state index is -0.0495. The summed E-state index contributed by atoms with van der Waals surface area (Å²) >= 11 is 2.82. The van der Waals surface area contributed by atoms with Crippen molar-refractivity contribution in [3.63, 3.8) is 0 Å². The number of rotatable bonds is 7. The predicted molar refractivity (Wildman–Crippen MR) is 110 cm³/mol. The first-order valence-electron chi connectivity index (χ1n) is 8.31. The minimum absolute atomic E-state index is 0.0495. The lowest BCUT2D eigenvalue weighted by Crippen LogP contribution is -2.14. The highest BCUT2D eigenvalue weighted by molar-refractivity contribution is 8.01. The van der Waals surface area contributed by atoms with Gasteiger partial charge >= 0.3 is 0 Å². The molecule has 5 nitrogen and oxygen atoms in total. The van der Waals surface area contributed by atoms with Gasteiger partial charge in [-0.25, -0.2) is 0 Å². The summed E-state index contributed by atoms with van der Waals surface area (Å²) in [5.74, 6) is 0.252. The summed E-state index contributed by atoms with van der Waals surface area (Å²) in [6.45, 7) is 4.14. The van der Waals surface area contributed by atoms with Gasteiger partial charge in [-0.1, -0.05) is 59.9 Å². The van der Waals surface area contributed by atoms with Crippen molar-refractivity contribution < 1.29 is 4.79 Å². The summed E-state index contributed by atoms with van der Waals surface area (Å²) in [5.41, 5.74) is 4.21. The van der Waals surface area contributed by atoms with Crippen LogP contribution in [0.25, 0.3) is 0 Å². The molecular weight excluding hydrogens is 364 g/mol. The van der Waals surface area contributed by atoms with E-state index < -0.39 is 0 Å².